The smallest absolute Gasteiger partial charge is 0.148 e. The van der Waals surface area contributed by atoms with E-state index in [0.29, 0.717) is 6.54 Å². The van der Waals surface area contributed by atoms with Crippen molar-refractivity contribution in [1.82, 2.24) is 9.88 Å². The van der Waals surface area contributed by atoms with Gasteiger partial charge < -0.3 is 5.73 Å². The first-order valence-electron chi connectivity index (χ1n) is 5.85. The Morgan fingerprint density at radius 2 is 1.94 bits per heavy atom. The Morgan fingerprint density at radius 1 is 1.39 bits per heavy atom. The van der Waals surface area contributed by atoms with Gasteiger partial charge in [0.1, 0.15) is 9.84 Å². The number of nitrogens with two attached hydrogens (primary N) is 1. The first-order valence-corrected chi connectivity index (χ1v) is 7.91. The highest BCUT2D eigenvalue weighted by atomic mass is 32.2. The van der Waals surface area contributed by atoms with Crippen LogP contribution in [-0.2, 0) is 9.84 Å². The second kappa shape index (κ2) is 6.26. The topological polar surface area (TPSA) is 76.3 Å². The molecule has 2 N–H and O–H groups in total. The number of hydrogen-bond acceptors (Lipinski definition) is 5. The van der Waals surface area contributed by atoms with Crippen molar-refractivity contribution in [3.8, 4) is 0 Å². The summed E-state index contributed by atoms with van der Waals surface area (Å²) in [6.45, 7) is 2.38. The van der Waals surface area contributed by atoms with Crippen LogP contribution in [0.5, 0.6) is 0 Å². The normalized spacial score (nSPS) is 15.6. The average molecular weight is 271 g/mol. The molecule has 18 heavy (non-hydrogen) atoms. The van der Waals surface area contributed by atoms with Gasteiger partial charge >= 0.3 is 0 Å². The van der Waals surface area contributed by atoms with E-state index in [1.165, 1.54) is 6.26 Å². The van der Waals surface area contributed by atoms with Gasteiger partial charge in [0, 0.05) is 37.3 Å². The molecule has 0 radical (unpaired) electrons. The number of nitrogens with zero attached hydrogens (tertiary/aromatic N) is 2. The molecule has 1 rings (SSSR count). The van der Waals surface area contributed by atoms with E-state index >= 15 is 0 Å². The predicted molar refractivity (Wildman–Crippen MR) is 73.0 cm³/mol. The molecule has 2 unspecified atom stereocenters. The van der Waals surface area contributed by atoms with Crippen LogP contribution in [0.15, 0.2) is 24.5 Å². The summed E-state index contributed by atoms with van der Waals surface area (Å²) in [5, 5.41) is 0. The zero-order valence-corrected chi connectivity index (χ0v) is 11.9. The molecular formula is C12H21N3O2S. The average Bonchev–Trinajstić information content (AvgIpc) is 2.26. The van der Waals surface area contributed by atoms with Crippen LogP contribution in [-0.4, -0.2) is 49.9 Å². The first kappa shape index (κ1) is 15.1. The lowest BCUT2D eigenvalue weighted by Crippen LogP contribution is -2.39. The Morgan fingerprint density at radius 3 is 2.39 bits per heavy atom. The molecule has 0 aliphatic heterocycles. The summed E-state index contributed by atoms with van der Waals surface area (Å²) < 4.78 is 22.4. The van der Waals surface area contributed by atoms with Crippen LogP contribution in [0.2, 0.25) is 0 Å². The Balaban J connectivity index is 2.80. The maximum atomic E-state index is 11.2. The van der Waals surface area contributed by atoms with E-state index in [2.05, 4.69) is 4.98 Å². The van der Waals surface area contributed by atoms with E-state index < -0.39 is 9.84 Å². The molecule has 1 heterocycles. The van der Waals surface area contributed by atoms with Crippen molar-refractivity contribution in [1.29, 1.82) is 0 Å². The van der Waals surface area contributed by atoms with Gasteiger partial charge in [-0.15, -0.1) is 0 Å². The van der Waals surface area contributed by atoms with E-state index in [9.17, 15) is 8.42 Å². The van der Waals surface area contributed by atoms with Gasteiger partial charge in [-0.05, 0) is 31.7 Å². The highest BCUT2D eigenvalue weighted by Crippen LogP contribution is 2.21. The van der Waals surface area contributed by atoms with Gasteiger partial charge in [-0.1, -0.05) is 0 Å². The zero-order chi connectivity index (χ0) is 13.8. The van der Waals surface area contributed by atoms with Crippen molar-refractivity contribution in [3.63, 3.8) is 0 Å². The number of rotatable bonds is 6. The molecule has 2 atom stereocenters. The summed E-state index contributed by atoms with van der Waals surface area (Å²) >= 11 is 0. The molecule has 0 fully saturated rings. The second-order valence-electron chi connectivity index (χ2n) is 4.69. The lowest BCUT2D eigenvalue weighted by atomic mass is 10.0. The molecular weight excluding hydrogens is 250 g/mol. The van der Waals surface area contributed by atoms with E-state index in [1.54, 1.807) is 12.4 Å². The van der Waals surface area contributed by atoms with Gasteiger partial charge in [-0.2, -0.15) is 0 Å². The lowest BCUT2D eigenvalue weighted by Gasteiger charge is -2.31. The molecule has 0 bridgehead atoms. The fourth-order valence-corrected chi connectivity index (χ4v) is 2.59. The van der Waals surface area contributed by atoms with Crippen molar-refractivity contribution in [3.05, 3.63) is 30.1 Å². The molecule has 1 aromatic heterocycles. The van der Waals surface area contributed by atoms with Crippen molar-refractivity contribution in [2.75, 3.05) is 25.6 Å². The molecule has 5 nitrogen and oxygen atoms in total. The first-order chi connectivity index (χ1) is 8.31. The molecule has 0 aliphatic rings. The van der Waals surface area contributed by atoms with Gasteiger partial charge in [0.25, 0.3) is 0 Å². The monoisotopic (exact) mass is 271 g/mol. The Bertz CT molecular complexity index is 459. The van der Waals surface area contributed by atoms with Crippen molar-refractivity contribution >= 4 is 9.84 Å². The Hall–Kier alpha value is -0.980. The summed E-state index contributed by atoms with van der Waals surface area (Å²) in [6, 6.07) is 3.72. The minimum atomic E-state index is -2.96. The van der Waals surface area contributed by atoms with Crippen LogP contribution in [0, 0.1) is 0 Å². The second-order valence-corrected chi connectivity index (χ2v) is 6.95. The van der Waals surface area contributed by atoms with E-state index in [1.807, 2.05) is 31.0 Å². The van der Waals surface area contributed by atoms with Gasteiger partial charge in [-0.3, -0.25) is 9.88 Å². The standard InChI is InChI=1S/C12H21N3O2S/c1-10(13)12(11-4-6-14-7-5-11)15(2)8-9-18(3,16)17/h4-7,10,12H,8-9,13H2,1-3H3. The van der Waals surface area contributed by atoms with Crippen LogP contribution < -0.4 is 5.73 Å². The van der Waals surface area contributed by atoms with Crippen molar-refractivity contribution in [2.45, 2.75) is 19.0 Å². The lowest BCUT2D eigenvalue weighted by molar-refractivity contribution is 0.231. The van der Waals surface area contributed by atoms with Crippen LogP contribution >= 0.6 is 0 Å². The number of pyridine rings is 1. The molecule has 0 saturated carbocycles. The van der Waals surface area contributed by atoms with Gasteiger partial charge in [0.05, 0.1) is 5.75 Å². The highest BCUT2D eigenvalue weighted by molar-refractivity contribution is 7.90. The molecule has 0 saturated heterocycles. The highest BCUT2D eigenvalue weighted by Gasteiger charge is 2.21. The van der Waals surface area contributed by atoms with Crippen molar-refractivity contribution < 1.29 is 8.42 Å². The summed E-state index contributed by atoms with van der Waals surface area (Å²) in [5.41, 5.74) is 7.05. The molecule has 0 spiro atoms. The molecule has 0 aliphatic carbocycles. The molecule has 0 amide bonds. The number of hydrogen-bond donors (Lipinski definition) is 1. The largest absolute Gasteiger partial charge is 0.326 e. The fraction of sp³-hybridized carbons (Fsp3) is 0.583. The molecule has 0 aromatic carbocycles. The number of aromatic nitrogens is 1. The van der Waals surface area contributed by atoms with Gasteiger partial charge in [0.15, 0.2) is 0 Å². The number of likely N-dealkylation sites (N-methyl/N-ethyl adjacent to an activating group) is 1. The minimum Gasteiger partial charge on any atom is -0.326 e. The molecule has 1 aromatic rings. The van der Waals surface area contributed by atoms with E-state index in [0.717, 1.165) is 5.56 Å². The maximum Gasteiger partial charge on any atom is 0.148 e. The summed E-state index contributed by atoms with van der Waals surface area (Å²) in [7, 11) is -1.07. The Labute approximate surface area is 109 Å². The maximum absolute atomic E-state index is 11.2. The van der Waals surface area contributed by atoms with Crippen LogP contribution in [0.1, 0.15) is 18.5 Å². The van der Waals surface area contributed by atoms with Crippen LogP contribution in [0.3, 0.4) is 0 Å². The molecule has 102 valence electrons. The van der Waals surface area contributed by atoms with E-state index in [4.69, 9.17) is 5.73 Å². The van der Waals surface area contributed by atoms with Crippen LogP contribution in [0.25, 0.3) is 0 Å². The van der Waals surface area contributed by atoms with Crippen LogP contribution in [0.4, 0.5) is 0 Å². The third-order valence-corrected chi connectivity index (χ3v) is 3.76. The fourth-order valence-electron chi connectivity index (χ4n) is 1.97. The zero-order valence-electron chi connectivity index (χ0n) is 11.1. The summed E-state index contributed by atoms with van der Waals surface area (Å²) in [6.07, 6.45) is 4.68. The third kappa shape index (κ3) is 4.72. The SMILES string of the molecule is CC(N)C(c1ccncc1)N(C)CCS(C)(=O)=O. The van der Waals surface area contributed by atoms with Gasteiger partial charge in [0.2, 0.25) is 0 Å². The predicted octanol–water partition coefficient (Wildman–Crippen LogP) is 0.446. The third-order valence-electron chi connectivity index (χ3n) is 2.84. The number of sulfone groups is 1. The van der Waals surface area contributed by atoms with Gasteiger partial charge in [-0.25, -0.2) is 8.42 Å². The van der Waals surface area contributed by atoms with Crippen molar-refractivity contribution in [2.24, 2.45) is 5.73 Å². The Kier molecular flexibility index (Phi) is 5.25. The minimum absolute atomic E-state index is 0.00486. The summed E-state index contributed by atoms with van der Waals surface area (Å²) in [4.78, 5) is 5.95. The molecule has 6 heteroatoms. The van der Waals surface area contributed by atoms with E-state index in [-0.39, 0.29) is 17.8 Å². The summed E-state index contributed by atoms with van der Waals surface area (Å²) in [5.74, 6) is 0.137. The quantitative estimate of drug-likeness (QED) is 0.813.